The van der Waals surface area contributed by atoms with Crippen molar-refractivity contribution >= 4 is 23.4 Å². The van der Waals surface area contributed by atoms with E-state index in [9.17, 15) is 9.59 Å². The monoisotopic (exact) mass is 421 g/mol. The van der Waals surface area contributed by atoms with Gasteiger partial charge >= 0.3 is 5.97 Å². The van der Waals surface area contributed by atoms with E-state index in [1.807, 2.05) is 12.1 Å². The van der Waals surface area contributed by atoms with Gasteiger partial charge in [-0.15, -0.1) is 10.2 Å². The number of nitrogens with one attached hydrogen (secondary N) is 1. The molecule has 0 unspecified atom stereocenters. The number of rotatable bonds is 6. The highest BCUT2D eigenvalue weighted by Crippen LogP contribution is 2.23. The minimum atomic E-state index is -0.370. The summed E-state index contributed by atoms with van der Waals surface area (Å²) in [6, 6.07) is 10.5. The van der Waals surface area contributed by atoms with Crippen LogP contribution in [0.25, 0.3) is 5.82 Å². The molecule has 0 aliphatic carbocycles. The molecule has 0 radical (unpaired) electrons. The molecular formula is C21H23N7O3. The molecule has 0 spiro atoms. The molecule has 2 aromatic heterocycles. The van der Waals surface area contributed by atoms with Gasteiger partial charge in [-0.1, -0.05) is 0 Å². The molecule has 3 heterocycles. The number of hydrogen-bond acceptors (Lipinski definition) is 8. The second-order valence-electron chi connectivity index (χ2n) is 7.14. The number of hydrogen-bond donors (Lipinski definition) is 1. The van der Waals surface area contributed by atoms with Crippen LogP contribution in [0.1, 0.15) is 30.1 Å². The Bertz CT molecular complexity index is 1010. The first kappa shape index (κ1) is 20.5. The van der Waals surface area contributed by atoms with Gasteiger partial charge in [-0.3, -0.25) is 4.79 Å². The molecule has 10 heteroatoms. The van der Waals surface area contributed by atoms with E-state index in [4.69, 9.17) is 4.74 Å². The zero-order valence-electron chi connectivity index (χ0n) is 17.1. The van der Waals surface area contributed by atoms with Gasteiger partial charge in [0.1, 0.15) is 12.7 Å². The Morgan fingerprint density at radius 2 is 1.77 bits per heavy atom. The molecule has 1 aromatic carbocycles. The van der Waals surface area contributed by atoms with E-state index in [2.05, 4.69) is 30.5 Å². The Morgan fingerprint density at radius 1 is 1.06 bits per heavy atom. The van der Waals surface area contributed by atoms with Crippen LogP contribution in [0.15, 0.2) is 49.1 Å². The van der Waals surface area contributed by atoms with Crippen LogP contribution in [0, 0.1) is 5.92 Å². The van der Waals surface area contributed by atoms with Crippen molar-refractivity contribution in [1.29, 1.82) is 0 Å². The minimum absolute atomic E-state index is 0.0175. The number of piperidine rings is 1. The average molecular weight is 421 g/mol. The second kappa shape index (κ2) is 9.33. The zero-order valence-corrected chi connectivity index (χ0v) is 17.1. The molecule has 1 aliphatic rings. The summed E-state index contributed by atoms with van der Waals surface area (Å²) in [4.78, 5) is 30.4. The fourth-order valence-electron chi connectivity index (χ4n) is 3.45. The van der Waals surface area contributed by atoms with Crippen LogP contribution in [-0.2, 0) is 9.53 Å². The summed E-state index contributed by atoms with van der Waals surface area (Å²) in [5.41, 5.74) is 1.12. The molecule has 3 aromatic rings. The summed E-state index contributed by atoms with van der Waals surface area (Å²) in [6.45, 7) is 3.53. The molecule has 1 aliphatic heterocycles. The molecule has 1 saturated heterocycles. The van der Waals surface area contributed by atoms with Crippen molar-refractivity contribution in [3.05, 3.63) is 54.6 Å². The third kappa shape index (κ3) is 4.85. The van der Waals surface area contributed by atoms with Crippen LogP contribution in [0.3, 0.4) is 0 Å². The maximum absolute atomic E-state index is 12.6. The van der Waals surface area contributed by atoms with E-state index in [1.165, 1.54) is 6.33 Å². The lowest BCUT2D eigenvalue weighted by Gasteiger charge is -2.31. The third-order valence-electron chi connectivity index (χ3n) is 5.14. The number of benzene rings is 1. The first-order chi connectivity index (χ1) is 15.1. The van der Waals surface area contributed by atoms with Crippen molar-refractivity contribution in [1.82, 2.24) is 25.0 Å². The SMILES string of the molecule is CCOC(=O)c1ccc(NC(=O)C2CCN(c3ccc(-n4cncn4)nn3)CC2)cc1. The molecule has 1 amide bonds. The fourth-order valence-corrected chi connectivity index (χ4v) is 3.45. The molecule has 1 fully saturated rings. The van der Waals surface area contributed by atoms with Crippen LogP contribution in [0.4, 0.5) is 11.5 Å². The molecule has 0 saturated carbocycles. The van der Waals surface area contributed by atoms with Gasteiger partial charge in [0.2, 0.25) is 5.91 Å². The van der Waals surface area contributed by atoms with Crippen LogP contribution < -0.4 is 10.2 Å². The van der Waals surface area contributed by atoms with E-state index >= 15 is 0 Å². The van der Waals surface area contributed by atoms with E-state index in [0.29, 0.717) is 23.7 Å². The maximum Gasteiger partial charge on any atom is 0.338 e. The van der Waals surface area contributed by atoms with Gasteiger partial charge in [0.05, 0.1) is 12.2 Å². The highest BCUT2D eigenvalue weighted by atomic mass is 16.5. The molecule has 31 heavy (non-hydrogen) atoms. The van der Waals surface area contributed by atoms with Crippen LogP contribution in [0.2, 0.25) is 0 Å². The Balaban J connectivity index is 1.29. The number of carbonyl (C=O) groups excluding carboxylic acids is 2. The Morgan fingerprint density at radius 3 is 2.39 bits per heavy atom. The van der Waals surface area contributed by atoms with Gasteiger partial charge in [-0.05, 0) is 56.2 Å². The molecule has 0 bridgehead atoms. The molecule has 160 valence electrons. The molecule has 1 N–H and O–H groups in total. The van der Waals surface area contributed by atoms with E-state index in [0.717, 1.165) is 31.7 Å². The summed E-state index contributed by atoms with van der Waals surface area (Å²) < 4.78 is 6.52. The number of aromatic nitrogens is 5. The van der Waals surface area contributed by atoms with Crippen molar-refractivity contribution in [2.45, 2.75) is 19.8 Å². The predicted molar refractivity (Wildman–Crippen MR) is 113 cm³/mol. The summed E-state index contributed by atoms with van der Waals surface area (Å²) in [5.74, 6) is 0.909. The molecule has 4 rings (SSSR count). The van der Waals surface area contributed by atoms with Gasteiger partial charge < -0.3 is 15.0 Å². The Kier molecular flexibility index (Phi) is 6.16. The number of esters is 1. The smallest absolute Gasteiger partial charge is 0.338 e. The largest absolute Gasteiger partial charge is 0.462 e. The highest BCUT2D eigenvalue weighted by Gasteiger charge is 2.26. The number of carbonyl (C=O) groups is 2. The lowest BCUT2D eigenvalue weighted by atomic mass is 9.95. The van der Waals surface area contributed by atoms with Crippen molar-refractivity contribution in [3.63, 3.8) is 0 Å². The first-order valence-electron chi connectivity index (χ1n) is 10.2. The van der Waals surface area contributed by atoms with Crippen LogP contribution >= 0.6 is 0 Å². The lowest BCUT2D eigenvalue weighted by molar-refractivity contribution is -0.120. The number of nitrogens with zero attached hydrogens (tertiary/aromatic N) is 6. The number of anilines is 2. The highest BCUT2D eigenvalue weighted by molar-refractivity contribution is 5.94. The van der Waals surface area contributed by atoms with E-state index in [1.54, 1.807) is 42.2 Å². The zero-order chi connectivity index (χ0) is 21.6. The average Bonchev–Trinajstić information content (AvgIpc) is 3.35. The fraction of sp³-hybridized carbons (Fsp3) is 0.333. The van der Waals surface area contributed by atoms with Gasteiger partial charge in [0, 0.05) is 24.7 Å². The first-order valence-corrected chi connectivity index (χ1v) is 10.2. The summed E-state index contributed by atoms with van der Waals surface area (Å²) in [5, 5.41) is 15.4. The van der Waals surface area contributed by atoms with Crippen LogP contribution in [-0.4, -0.2) is 56.5 Å². The third-order valence-corrected chi connectivity index (χ3v) is 5.14. The second-order valence-corrected chi connectivity index (χ2v) is 7.14. The maximum atomic E-state index is 12.6. The van der Waals surface area contributed by atoms with Gasteiger partial charge in [-0.2, -0.15) is 5.10 Å². The van der Waals surface area contributed by atoms with Crippen LogP contribution in [0.5, 0.6) is 0 Å². The summed E-state index contributed by atoms with van der Waals surface area (Å²) >= 11 is 0. The molecular weight excluding hydrogens is 398 g/mol. The molecule has 0 atom stereocenters. The standard InChI is InChI=1S/C21H23N7O3/c1-2-31-21(30)16-3-5-17(6-4-16)24-20(29)15-9-11-27(12-10-15)18-7-8-19(26-25-18)28-14-22-13-23-28/h3-8,13-15H,2,9-12H2,1H3,(H,24,29). The van der Waals surface area contributed by atoms with Gasteiger partial charge in [-0.25, -0.2) is 14.5 Å². The van der Waals surface area contributed by atoms with Crippen molar-refractivity contribution in [3.8, 4) is 5.82 Å². The van der Waals surface area contributed by atoms with E-state index < -0.39 is 0 Å². The summed E-state index contributed by atoms with van der Waals surface area (Å²) in [7, 11) is 0. The van der Waals surface area contributed by atoms with Gasteiger partial charge in [0.15, 0.2) is 11.6 Å². The normalized spacial score (nSPS) is 14.3. The predicted octanol–water partition coefficient (Wildman–Crippen LogP) is 2.09. The molecule has 10 nitrogen and oxygen atoms in total. The van der Waals surface area contributed by atoms with E-state index in [-0.39, 0.29) is 17.8 Å². The van der Waals surface area contributed by atoms with Gasteiger partial charge in [0.25, 0.3) is 0 Å². The van der Waals surface area contributed by atoms with Crippen molar-refractivity contribution in [2.24, 2.45) is 5.92 Å². The Labute approximate surface area is 179 Å². The van der Waals surface area contributed by atoms with Crippen molar-refractivity contribution in [2.75, 3.05) is 29.9 Å². The Hall–Kier alpha value is -3.82. The topological polar surface area (TPSA) is 115 Å². The summed E-state index contributed by atoms with van der Waals surface area (Å²) in [6.07, 6.45) is 4.46. The quantitative estimate of drug-likeness (QED) is 0.602. The number of ether oxygens (including phenoxy) is 1. The minimum Gasteiger partial charge on any atom is -0.462 e. The lowest BCUT2D eigenvalue weighted by Crippen LogP contribution is -2.38. The number of amides is 1. The van der Waals surface area contributed by atoms with Crippen molar-refractivity contribution < 1.29 is 14.3 Å².